The zero-order valence-corrected chi connectivity index (χ0v) is 16.2. The van der Waals surface area contributed by atoms with Gasteiger partial charge < -0.3 is 25.0 Å². The molecule has 1 spiro atoms. The Hall–Kier alpha value is -3.22. The van der Waals surface area contributed by atoms with Gasteiger partial charge in [0.05, 0.1) is 0 Å². The van der Waals surface area contributed by atoms with Crippen LogP contribution in [0.4, 0.5) is 16.2 Å². The first-order valence-corrected chi connectivity index (χ1v) is 9.86. The molecular formula is C22H23N3O4. The molecule has 2 aliphatic heterocycles. The van der Waals surface area contributed by atoms with Crippen molar-refractivity contribution in [2.75, 3.05) is 30.5 Å². The Balaban J connectivity index is 1.18. The van der Waals surface area contributed by atoms with Gasteiger partial charge in [-0.2, -0.15) is 0 Å². The van der Waals surface area contributed by atoms with Crippen LogP contribution in [-0.2, 0) is 4.79 Å². The number of rotatable bonds is 3. The van der Waals surface area contributed by atoms with Crippen LogP contribution in [-0.4, -0.2) is 36.7 Å². The summed E-state index contributed by atoms with van der Waals surface area (Å²) in [7, 11) is 0. The summed E-state index contributed by atoms with van der Waals surface area (Å²) >= 11 is 0. The fraction of sp³-hybridized carbons (Fsp3) is 0.364. The molecule has 3 aliphatic rings. The number of ether oxygens (including phenoxy) is 2. The average molecular weight is 393 g/mol. The number of aryl methyl sites for hydroxylation is 1. The Bertz CT molecular complexity index is 992. The van der Waals surface area contributed by atoms with Gasteiger partial charge >= 0.3 is 6.03 Å². The number of hydrogen-bond donors (Lipinski definition) is 2. The predicted octanol–water partition coefficient (Wildman–Crippen LogP) is 3.61. The van der Waals surface area contributed by atoms with E-state index in [0.717, 1.165) is 24.1 Å². The summed E-state index contributed by atoms with van der Waals surface area (Å²) in [4.78, 5) is 27.2. The maximum absolute atomic E-state index is 12.7. The van der Waals surface area contributed by atoms with Crippen molar-refractivity contribution in [1.82, 2.24) is 4.90 Å². The van der Waals surface area contributed by atoms with Crippen molar-refractivity contribution in [1.29, 1.82) is 0 Å². The van der Waals surface area contributed by atoms with Crippen molar-refractivity contribution in [3.63, 3.8) is 0 Å². The van der Waals surface area contributed by atoms with Gasteiger partial charge in [-0.1, -0.05) is 12.1 Å². The molecule has 0 aromatic heterocycles. The quantitative estimate of drug-likeness (QED) is 0.835. The molecule has 3 amide bonds. The van der Waals surface area contributed by atoms with Gasteiger partial charge in [0.2, 0.25) is 12.7 Å². The minimum Gasteiger partial charge on any atom is -0.454 e. The van der Waals surface area contributed by atoms with Crippen LogP contribution in [0.3, 0.4) is 0 Å². The number of benzene rings is 2. The van der Waals surface area contributed by atoms with Gasteiger partial charge in [-0.3, -0.25) is 4.79 Å². The first kappa shape index (κ1) is 17.8. The number of carbonyl (C=O) groups is 2. The summed E-state index contributed by atoms with van der Waals surface area (Å²) in [5.74, 6) is 1.28. The van der Waals surface area contributed by atoms with Gasteiger partial charge in [0.25, 0.3) is 0 Å². The summed E-state index contributed by atoms with van der Waals surface area (Å²) in [5, 5.41) is 5.94. The summed E-state index contributed by atoms with van der Waals surface area (Å²) in [6.07, 6.45) is 1.67. The lowest BCUT2D eigenvalue weighted by atomic mass is 10.0. The van der Waals surface area contributed by atoms with Crippen LogP contribution in [0.5, 0.6) is 11.5 Å². The molecule has 2 N–H and O–H groups in total. The van der Waals surface area contributed by atoms with E-state index in [2.05, 4.69) is 10.6 Å². The highest BCUT2D eigenvalue weighted by atomic mass is 16.7. The number of hydrogen-bond acceptors (Lipinski definition) is 4. The monoisotopic (exact) mass is 393 g/mol. The average Bonchev–Trinajstić information content (AvgIpc) is 3.01. The number of anilines is 2. The Labute approximate surface area is 169 Å². The number of likely N-dealkylation sites (tertiary alicyclic amines) is 1. The van der Waals surface area contributed by atoms with E-state index in [9.17, 15) is 9.59 Å². The number of urea groups is 1. The third-order valence-corrected chi connectivity index (χ3v) is 6.09. The van der Waals surface area contributed by atoms with Gasteiger partial charge in [-0.25, -0.2) is 4.79 Å². The molecule has 2 atom stereocenters. The molecule has 1 saturated heterocycles. The maximum Gasteiger partial charge on any atom is 0.321 e. The number of nitrogens with one attached hydrogen (secondary N) is 2. The van der Waals surface area contributed by atoms with Crippen LogP contribution in [0.25, 0.3) is 0 Å². The lowest BCUT2D eigenvalue weighted by Crippen LogP contribution is -2.33. The highest BCUT2D eigenvalue weighted by Gasteiger charge is 2.61. The van der Waals surface area contributed by atoms with Gasteiger partial charge in [-0.05, 0) is 49.6 Å². The minimum absolute atomic E-state index is 0.00445. The molecule has 0 bridgehead atoms. The third-order valence-electron chi connectivity index (χ3n) is 6.09. The second-order valence-electron chi connectivity index (χ2n) is 8.15. The summed E-state index contributed by atoms with van der Waals surface area (Å²) < 4.78 is 10.7. The molecule has 5 rings (SSSR count). The van der Waals surface area contributed by atoms with E-state index in [4.69, 9.17) is 9.47 Å². The predicted molar refractivity (Wildman–Crippen MR) is 108 cm³/mol. The Morgan fingerprint density at radius 2 is 1.90 bits per heavy atom. The molecule has 150 valence electrons. The number of amides is 3. The van der Waals surface area contributed by atoms with Crippen molar-refractivity contribution in [2.45, 2.75) is 19.8 Å². The fourth-order valence-corrected chi connectivity index (χ4v) is 4.37. The Kier molecular flexibility index (Phi) is 4.12. The molecule has 7 nitrogen and oxygen atoms in total. The lowest BCUT2D eigenvalue weighted by molar-refractivity contribution is -0.118. The minimum atomic E-state index is -0.102. The van der Waals surface area contributed by atoms with E-state index >= 15 is 0 Å². The van der Waals surface area contributed by atoms with E-state index in [1.807, 2.05) is 42.2 Å². The first-order chi connectivity index (χ1) is 14.0. The lowest BCUT2D eigenvalue weighted by Gasteiger charge is -2.18. The molecule has 0 radical (unpaired) electrons. The van der Waals surface area contributed by atoms with Crippen molar-refractivity contribution in [3.05, 3.63) is 48.0 Å². The van der Waals surface area contributed by atoms with Crippen LogP contribution in [0.15, 0.2) is 42.5 Å². The molecule has 1 saturated carbocycles. The van der Waals surface area contributed by atoms with E-state index in [-0.39, 0.29) is 30.1 Å². The van der Waals surface area contributed by atoms with Crippen LogP contribution in [0.2, 0.25) is 0 Å². The van der Waals surface area contributed by atoms with Gasteiger partial charge in [-0.15, -0.1) is 0 Å². The topological polar surface area (TPSA) is 79.9 Å². The van der Waals surface area contributed by atoms with E-state index < -0.39 is 0 Å². The molecule has 1 aliphatic carbocycles. The smallest absolute Gasteiger partial charge is 0.321 e. The summed E-state index contributed by atoms with van der Waals surface area (Å²) in [6, 6.07) is 13.0. The highest BCUT2D eigenvalue weighted by molar-refractivity contribution is 5.96. The second kappa shape index (κ2) is 6.69. The van der Waals surface area contributed by atoms with Crippen molar-refractivity contribution in [2.24, 2.45) is 11.3 Å². The van der Waals surface area contributed by atoms with Crippen LogP contribution < -0.4 is 20.1 Å². The highest BCUT2D eigenvalue weighted by Crippen LogP contribution is 2.58. The van der Waals surface area contributed by atoms with Crippen LogP contribution in [0.1, 0.15) is 18.4 Å². The standard InChI is InChI=1S/C22H23N3O4/c1-14-3-2-4-15(9-14)24-21(27)25-8-7-22(12-25)11-17(22)20(26)23-16-5-6-18-19(10-16)29-13-28-18/h2-6,9-10,17H,7-8,11-13H2,1H3,(H,23,26)(H,24,27)/t17-,22+/m0/s1. The van der Waals surface area contributed by atoms with E-state index in [1.54, 1.807) is 12.1 Å². The van der Waals surface area contributed by atoms with Crippen LogP contribution >= 0.6 is 0 Å². The largest absolute Gasteiger partial charge is 0.454 e. The second-order valence-corrected chi connectivity index (χ2v) is 8.15. The molecular weight excluding hydrogens is 370 g/mol. The van der Waals surface area contributed by atoms with Gasteiger partial charge in [0.15, 0.2) is 11.5 Å². The first-order valence-electron chi connectivity index (χ1n) is 9.86. The molecule has 7 heteroatoms. The Morgan fingerprint density at radius 3 is 2.76 bits per heavy atom. The van der Waals surface area contributed by atoms with Crippen molar-refractivity contribution < 1.29 is 19.1 Å². The normalized spacial score (nSPS) is 23.9. The number of fused-ring (bicyclic) bond motifs is 1. The van der Waals surface area contributed by atoms with Gasteiger partial charge in [0.1, 0.15) is 0 Å². The zero-order chi connectivity index (χ0) is 20.0. The van der Waals surface area contributed by atoms with E-state index in [1.165, 1.54) is 0 Å². The molecule has 2 aromatic carbocycles. The number of carbonyl (C=O) groups excluding carboxylic acids is 2. The van der Waals surface area contributed by atoms with E-state index in [0.29, 0.717) is 30.3 Å². The summed E-state index contributed by atoms with van der Waals surface area (Å²) in [6.45, 7) is 3.49. The molecule has 0 unspecified atom stereocenters. The number of nitrogens with zero attached hydrogens (tertiary/aromatic N) is 1. The van der Waals surface area contributed by atoms with Crippen molar-refractivity contribution >= 4 is 23.3 Å². The molecule has 2 fully saturated rings. The van der Waals surface area contributed by atoms with Crippen LogP contribution in [0, 0.1) is 18.3 Å². The molecule has 29 heavy (non-hydrogen) atoms. The Morgan fingerprint density at radius 1 is 1.07 bits per heavy atom. The summed E-state index contributed by atoms with van der Waals surface area (Å²) in [5.41, 5.74) is 2.50. The fourth-order valence-electron chi connectivity index (χ4n) is 4.37. The molecule has 2 aromatic rings. The SMILES string of the molecule is Cc1cccc(NC(=O)N2CC[C@@]3(C[C@H]3C(=O)Nc3ccc4c(c3)OCO4)C2)c1. The van der Waals surface area contributed by atoms with Gasteiger partial charge in [0, 0.05) is 41.9 Å². The maximum atomic E-state index is 12.7. The van der Waals surface area contributed by atoms with Crippen molar-refractivity contribution in [3.8, 4) is 11.5 Å². The third kappa shape index (κ3) is 3.37. The zero-order valence-electron chi connectivity index (χ0n) is 16.2. The molecule has 2 heterocycles.